The molecule has 6 heteroatoms. The number of benzene rings is 1. The van der Waals surface area contributed by atoms with Crippen molar-refractivity contribution >= 4 is 27.4 Å². The van der Waals surface area contributed by atoms with E-state index in [1.54, 1.807) is 7.11 Å². The van der Waals surface area contributed by atoms with Crippen LogP contribution in [-0.2, 0) is 12.8 Å². The molecule has 0 saturated heterocycles. The molecular weight excluding hydrogens is 356 g/mol. The second-order valence-electron chi connectivity index (χ2n) is 7.41. The third kappa shape index (κ3) is 3.39. The van der Waals surface area contributed by atoms with E-state index in [-0.39, 0.29) is 6.04 Å². The molecule has 2 aromatic heterocycles. The van der Waals surface area contributed by atoms with Crippen molar-refractivity contribution in [1.82, 2.24) is 9.97 Å². The Morgan fingerprint density at radius 1 is 1.22 bits per heavy atom. The number of hydrogen-bond donors (Lipinski definition) is 2. The number of likely N-dealkylation sites (N-methyl/N-ethyl adjacent to an activating group) is 1. The summed E-state index contributed by atoms with van der Waals surface area (Å²) in [5.74, 6) is 2.75. The van der Waals surface area contributed by atoms with E-state index in [2.05, 4.69) is 36.5 Å². The lowest BCUT2D eigenvalue weighted by Gasteiger charge is -2.24. The Bertz CT molecular complexity index is 966. The molecule has 0 bridgehead atoms. The summed E-state index contributed by atoms with van der Waals surface area (Å²) in [7, 11) is 6.10. The Morgan fingerprint density at radius 2 is 2.04 bits per heavy atom. The Balaban J connectivity index is 1.67. The van der Waals surface area contributed by atoms with Crippen molar-refractivity contribution < 1.29 is 9.64 Å². The van der Waals surface area contributed by atoms with Crippen LogP contribution in [0.5, 0.6) is 5.75 Å². The summed E-state index contributed by atoms with van der Waals surface area (Å²) in [6.45, 7) is 2.77. The zero-order valence-electron chi connectivity index (χ0n) is 16.4. The van der Waals surface area contributed by atoms with Gasteiger partial charge in [-0.3, -0.25) is 0 Å². The second kappa shape index (κ2) is 7.44. The van der Waals surface area contributed by atoms with Crippen molar-refractivity contribution in [1.29, 1.82) is 0 Å². The summed E-state index contributed by atoms with van der Waals surface area (Å²) in [5.41, 5.74) is 2.67. The van der Waals surface area contributed by atoms with Gasteiger partial charge in [-0.2, -0.15) is 0 Å². The van der Waals surface area contributed by atoms with E-state index in [0.717, 1.165) is 35.2 Å². The lowest BCUT2D eigenvalue weighted by Crippen LogP contribution is -3.06. The topological polar surface area (TPSA) is 51.5 Å². The fourth-order valence-corrected chi connectivity index (χ4v) is 5.32. The molecule has 0 fully saturated rings. The first-order valence-electron chi connectivity index (χ1n) is 9.54. The number of aromatic nitrogens is 2. The molecule has 1 aliphatic rings. The lowest BCUT2D eigenvalue weighted by molar-refractivity contribution is -0.890. The van der Waals surface area contributed by atoms with E-state index < -0.39 is 0 Å². The number of hydrogen-bond acceptors (Lipinski definition) is 5. The quantitative estimate of drug-likeness (QED) is 0.687. The van der Waals surface area contributed by atoms with Gasteiger partial charge in [-0.05, 0) is 43.9 Å². The fourth-order valence-electron chi connectivity index (χ4n) is 4.01. The molecule has 0 spiro atoms. The number of aryl methyl sites for hydroxylation is 3. The highest BCUT2D eigenvalue weighted by Gasteiger charge is 2.25. The van der Waals surface area contributed by atoms with Crippen LogP contribution in [0.25, 0.3) is 10.2 Å². The van der Waals surface area contributed by atoms with Gasteiger partial charge < -0.3 is 15.0 Å². The molecule has 0 unspecified atom stereocenters. The number of methoxy groups -OCH3 is 1. The summed E-state index contributed by atoms with van der Waals surface area (Å²) in [4.78, 5) is 13.4. The summed E-state index contributed by atoms with van der Waals surface area (Å²) in [6.07, 6.45) is 3.57. The normalized spacial score (nSPS) is 14.6. The molecular formula is C21H27N4OS+. The van der Waals surface area contributed by atoms with Gasteiger partial charge >= 0.3 is 0 Å². The molecule has 27 heavy (non-hydrogen) atoms. The fraction of sp³-hybridized carbons (Fsp3) is 0.429. The molecule has 1 aromatic carbocycles. The first-order valence-corrected chi connectivity index (χ1v) is 10.4. The minimum atomic E-state index is 0.262. The highest BCUT2D eigenvalue weighted by molar-refractivity contribution is 7.19. The van der Waals surface area contributed by atoms with Crippen LogP contribution in [0.4, 0.5) is 5.82 Å². The van der Waals surface area contributed by atoms with Gasteiger partial charge in [-0.15, -0.1) is 11.3 Å². The van der Waals surface area contributed by atoms with Crippen LogP contribution in [0.1, 0.15) is 34.3 Å². The monoisotopic (exact) mass is 383 g/mol. The van der Waals surface area contributed by atoms with Gasteiger partial charge in [0.05, 0.1) is 38.7 Å². The maximum Gasteiger partial charge on any atom is 0.139 e. The first-order chi connectivity index (χ1) is 13.1. The molecule has 1 atom stereocenters. The minimum absolute atomic E-state index is 0.262. The first kappa shape index (κ1) is 18.2. The van der Waals surface area contributed by atoms with Gasteiger partial charge in [0, 0.05) is 4.88 Å². The lowest BCUT2D eigenvalue weighted by atomic mass is 10.0. The maximum absolute atomic E-state index is 5.60. The van der Waals surface area contributed by atoms with Crippen molar-refractivity contribution in [3.8, 4) is 5.75 Å². The molecule has 0 amide bonds. The predicted octanol–water partition coefficient (Wildman–Crippen LogP) is 2.79. The summed E-state index contributed by atoms with van der Waals surface area (Å²) >= 11 is 1.84. The number of thiophene rings is 1. The van der Waals surface area contributed by atoms with Crippen molar-refractivity contribution in [2.75, 3.05) is 33.1 Å². The van der Waals surface area contributed by atoms with Crippen molar-refractivity contribution in [2.24, 2.45) is 0 Å². The molecule has 0 aliphatic heterocycles. The Labute approximate surface area is 164 Å². The van der Waals surface area contributed by atoms with Crippen molar-refractivity contribution in [3.05, 3.63) is 46.1 Å². The second-order valence-corrected chi connectivity index (χ2v) is 8.49. The smallest absolute Gasteiger partial charge is 0.139 e. The van der Waals surface area contributed by atoms with Gasteiger partial charge in [0.15, 0.2) is 0 Å². The minimum Gasteiger partial charge on any atom is -0.496 e. The highest BCUT2D eigenvalue weighted by atomic mass is 32.1. The Morgan fingerprint density at radius 3 is 2.81 bits per heavy atom. The zero-order chi connectivity index (χ0) is 19.0. The molecule has 0 saturated carbocycles. The average molecular weight is 384 g/mol. The number of rotatable bonds is 6. The molecule has 142 valence electrons. The largest absolute Gasteiger partial charge is 0.496 e. The molecule has 5 nitrogen and oxygen atoms in total. The van der Waals surface area contributed by atoms with E-state index in [0.29, 0.717) is 0 Å². The predicted molar refractivity (Wildman–Crippen MR) is 111 cm³/mol. The van der Waals surface area contributed by atoms with E-state index in [1.807, 2.05) is 30.4 Å². The molecule has 0 radical (unpaired) electrons. The SMILES string of the molecule is COc1ccccc1[C@H](CNc1nc(C)nc2sc3c(c12)CCC3)[NH+](C)C. The molecule has 2 N–H and O–H groups in total. The van der Waals surface area contributed by atoms with Crippen LogP contribution in [0.15, 0.2) is 24.3 Å². The number of nitrogens with zero attached hydrogens (tertiary/aromatic N) is 2. The van der Waals surface area contributed by atoms with E-state index in [4.69, 9.17) is 9.72 Å². The maximum atomic E-state index is 5.60. The van der Waals surface area contributed by atoms with E-state index in [1.165, 1.54) is 39.1 Å². The standard InChI is InChI=1S/C21H26N4OS/c1-13-23-20(19-15-9-7-11-18(15)27-21(19)24-13)22-12-16(25(2)3)14-8-5-6-10-17(14)26-4/h5-6,8,10,16H,7,9,11-12H2,1-4H3,(H,22,23,24)/p+1/t16-/m0/s1. The number of ether oxygens (including phenoxy) is 1. The molecule has 3 aromatic rings. The van der Waals surface area contributed by atoms with Crippen LogP contribution in [0, 0.1) is 6.92 Å². The van der Waals surface area contributed by atoms with E-state index in [9.17, 15) is 0 Å². The number of para-hydroxylation sites is 1. The van der Waals surface area contributed by atoms with Gasteiger partial charge in [0.2, 0.25) is 0 Å². The van der Waals surface area contributed by atoms with E-state index >= 15 is 0 Å². The Kier molecular flexibility index (Phi) is 5.02. The summed E-state index contributed by atoms with van der Waals surface area (Å²) in [6, 6.07) is 8.54. The van der Waals surface area contributed by atoms with Gasteiger partial charge in [-0.1, -0.05) is 12.1 Å². The third-order valence-electron chi connectivity index (χ3n) is 5.36. The van der Waals surface area contributed by atoms with Crippen LogP contribution in [0.3, 0.4) is 0 Å². The van der Waals surface area contributed by atoms with Gasteiger partial charge in [0.1, 0.15) is 28.3 Å². The highest BCUT2D eigenvalue weighted by Crippen LogP contribution is 2.39. The third-order valence-corrected chi connectivity index (χ3v) is 6.55. The summed E-state index contributed by atoms with van der Waals surface area (Å²) in [5, 5.41) is 4.90. The molecule has 2 heterocycles. The zero-order valence-corrected chi connectivity index (χ0v) is 17.2. The molecule has 4 rings (SSSR count). The van der Waals surface area contributed by atoms with Crippen LogP contribution < -0.4 is 15.0 Å². The van der Waals surface area contributed by atoms with Crippen LogP contribution in [0.2, 0.25) is 0 Å². The number of nitrogens with one attached hydrogen (secondary N) is 2. The van der Waals surface area contributed by atoms with Crippen molar-refractivity contribution in [2.45, 2.75) is 32.2 Å². The van der Waals surface area contributed by atoms with Crippen molar-refractivity contribution in [3.63, 3.8) is 0 Å². The number of fused-ring (bicyclic) bond motifs is 3. The Hall–Kier alpha value is -2.18. The summed E-state index contributed by atoms with van der Waals surface area (Å²) < 4.78 is 5.60. The number of anilines is 1. The molecule has 1 aliphatic carbocycles. The van der Waals surface area contributed by atoms with Gasteiger partial charge in [0.25, 0.3) is 0 Å². The number of quaternary nitrogens is 1. The average Bonchev–Trinajstić information content (AvgIpc) is 3.22. The van der Waals surface area contributed by atoms with Gasteiger partial charge in [-0.25, -0.2) is 9.97 Å². The van der Waals surface area contributed by atoms with Crippen LogP contribution >= 0.6 is 11.3 Å². The van der Waals surface area contributed by atoms with Crippen LogP contribution in [-0.4, -0.2) is 37.7 Å².